The number of likely N-dealkylation sites (N-methyl/N-ethyl adjacent to an activating group) is 1. The van der Waals surface area contributed by atoms with Gasteiger partial charge in [-0.2, -0.15) is 0 Å². The zero-order chi connectivity index (χ0) is 8.69. The molecule has 0 fully saturated rings. The van der Waals surface area contributed by atoms with E-state index in [0.717, 1.165) is 17.2 Å². The fourth-order valence-electron chi connectivity index (χ4n) is 0.681. The van der Waals surface area contributed by atoms with Crippen molar-refractivity contribution in [3.05, 3.63) is 11.0 Å². The van der Waals surface area contributed by atoms with Crippen molar-refractivity contribution in [2.45, 2.75) is 20.3 Å². The van der Waals surface area contributed by atoms with Gasteiger partial charge < -0.3 is 5.32 Å². The normalized spacial score (nSPS) is 11.4. The van der Waals surface area contributed by atoms with Crippen LogP contribution in [0.1, 0.15) is 20.3 Å². The maximum absolute atomic E-state index is 5.11. The van der Waals surface area contributed by atoms with E-state index in [2.05, 4.69) is 25.2 Å². The molecule has 1 nitrogen and oxygen atoms in total. The van der Waals surface area contributed by atoms with Gasteiger partial charge in [0, 0.05) is 12.0 Å². The van der Waals surface area contributed by atoms with E-state index in [4.69, 9.17) is 12.2 Å². The number of hydrogen-bond donors (Lipinski definition) is 1. The molecular formula is C8H15NS2. The second-order valence-corrected chi connectivity index (χ2v) is 3.70. The highest BCUT2D eigenvalue weighted by atomic mass is 32.2. The average molecular weight is 189 g/mol. The zero-order valence-corrected chi connectivity index (χ0v) is 8.94. The van der Waals surface area contributed by atoms with Gasteiger partial charge in [-0.3, -0.25) is 0 Å². The number of nitrogens with one attached hydrogen (secondary N) is 1. The summed E-state index contributed by atoms with van der Waals surface area (Å²) in [5.74, 6) is 1.08. The van der Waals surface area contributed by atoms with Crippen LogP contribution in [0.3, 0.4) is 0 Å². The average Bonchev–Trinajstić information content (AvgIpc) is 2.03. The third-order valence-corrected chi connectivity index (χ3v) is 2.66. The van der Waals surface area contributed by atoms with Crippen molar-refractivity contribution in [3.63, 3.8) is 0 Å². The second-order valence-electron chi connectivity index (χ2n) is 1.99. The Hall–Kier alpha value is -0.0200. The number of rotatable bonds is 4. The zero-order valence-electron chi connectivity index (χ0n) is 7.31. The van der Waals surface area contributed by atoms with Gasteiger partial charge in [0.1, 0.15) is 4.99 Å². The Kier molecular flexibility index (Phi) is 6.66. The van der Waals surface area contributed by atoms with Crippen molar-refractivity contribution < 1.29 is 0 Å². The molecule has 0 saturated heterocycles. The van der Waals surface area contributed by atoms with Crippen molar-refractivity contribution in [2.24, 2.45) is 0 Å². The summed E-state index contributed by atoms with van der Waals surface area (Å²) in [5, 5.41) is 2.98. The number of hydrogen-bond acceptors (Lipinski definition) is 2. The highest BCUT2D eigenvalue weighted by Crippen LogP contribution is 2.16. The molecule has 3 heteroatoms. The molecule has 0 amide bonds. The SMILES string of the molecule is CC/C=C(\SCC)C(=S)NC. The van der Waals surface area contributed by atoms with Crippen molar-refractivity contribution in [1.82, 2.24) is 5.32 Å². The van der Waals surface area contributed by atoms with Crippen molar-refractivity contribution in [1.29, 1.82) is 0 Å². The summed E-state index contributed by atoms with van der Waals surface area (Å²) in [7, 11) is 1.86. The molecule has 0 aliphatic rings. The van der Waals surface area contributed by atoms with Crippen molar-refractivity contribution >= 4 is 29.0 Å². The first kappa shape index (κ1) is 11.0. The summed E-state index contributed by atoms with van der Waals surface area (Å²) in [4.78, 5) is 2.06. The Morgan fingerprint density at radius 1 is 1.55 bits per heavy atom. The van der Waals surface area contributed by atoms with Gasteiger partial charge in [-0.05, 0) is 12.2 Å². The van der Waals surface area contributed by atoms with E-state index in [-0.39, 0.29) is 0 Å². The first-order valence-electron chi connectivity index (χ1n) is 3.81. The fourth-order valence-corrected chi connectivity index (χ4v) is 1.77. The van der Waals surface area contributed by atoms with E-state index in [1.165, 1.54) is 4.91 Å². The molecule has 0 aromatic carbocycles. The van der Waals surface area contributed by atoms with Crippen LogP contribution in [0.4, 0.5) is 0 Å². The van der Waals surface area contributed by atoms with Gasteiger partial charge in [-0.15, -0.1) is 11.8 Å². The highest BCUT2D eigenvalue weighted by Gasteiger charge is 2.00. The topological polar surface area (TPSA) is 12.0 Å². The molecule has 0 radical (unpaired) electrons. The second kappa shape index (κ2) is 6.68. The molecule has 0 rings (SSSR count). The Morgan fingerprint density at radius 2 is 2.18 bits per heavy atom. The van der Waals surface area contributed by atoms with Crippen molar-refractivity contribution in [3.8, 4) is 0 Å². The molecule has 0 heterocycles. The standard InChI is InChI=1S/C8H15NS2/c1-4-6-7(11-5-2)8(10)9-3/h6H,4-5H2,1-3H3,(H,9,10)/b7-6-. The predicted molar refractivity (Wildman–Crippen MR) is 58.2 cm³/mol. The van der Waals surface area contributed by atoms with E-state index in [1.54, 1.807) is 11.8 Å². The van der Waals surface area contributed by atoms with Gasteiger partial charge in [-0.25, -0.2) is 0 Å². The molecule has 0 saturated carbocycles. The van der Waals surface area contributed by atoms with Crippen LogP contribution in [0, 0.1) is 0 Å². The monoisotopic (exact) mass is 189 g/mol. The lowest BCUT2D eigenvalue weighted by Gasteiger charge is -2.05. The largest absolute Gasteiger partial charge is 0.378 e. The van der Waals surface area contributed by atoms with Crippen LogP contribution < -0.4 is 5.32 Å². The van der Waals surface area contributed by atoms with E-state index >= 15 is 0 Å². The summed E-state index contributed by atoms with van der Waals surface area (Å²) in [5.41, 5.74) is 0. The van der Waals surface area contributed by atoms with Gasteiger partial charge in [-0.1, -0.05) is 32.1 Å². The van der Waals surface area contributed by atoms with Gasteiger partial charge in [0.25, 0.3) is 0 Å². The lowest BCUT2D eigenvalue weighted by molar-refractivity contribution is 1.19. The minimum absolute atomic E-state index is 0.860. The minimum atomic E-state index is 0.860. The van der Waals surface area contributed by atoms with Gasteiger partial charge in [0.15, 0.2) is 0 Å². The maximum Gasteiger partial charge on any atom is 0.112 e. The smallest absolute Gasteiger partial charge is 0.112 e. The van der Waals surface area contributed by atoms with Crippen LogP contribution in [0.5, 0.6) is 0 Å². The van der Waals surface area contributed by atoms with E-state index in [9.17, 15) is 0 Å². The van der Waals surface area contributed by atoms with Crippen LogP contribution in [-0.2, 0) is 0 Å². The summed E-state index contributed by atoms with van der Waals surface area (Å²) in [6.07, 6.45) is 3.21. The molecule has 0 bridgehead atoms. The minimum Gasteiger partial charge on any atom is -0.378 e. The van der Waals surface area contributed by atoms with Gasteiger partial charge in [0.05, 0.1) is 0 Å². The summed E-state index contributed by atoms with van der Waals surface area (Å²) >= 11 is 6.90. The first-order chi connectivity index (χ1) is 5.26. The number of allylic oxidation sites excluding steroid dienone is 1. The van der Waals surface area contributed by atoms with Crippen LogP contribution >= 0.6 is 24.0 Å². The molecule has 0 aromatic heterocycles. The lowest BCUT2D eigenvalue weighted by atomic mass is 10.4. The fraction of sp³-hybridized carbons (Fsp3) is 0.625. The molecule has 0 aliphatic carbocycles. The Labute approximate surface area is 78.6 Å². The molecule has 0 aromatic rings. The Balaban J connectivity index is 4.09. The van der Waals surface area contributed by atoms with Gasteiger partial charge >= 0.3 is 0 Å². The third-order valence-electron chi connectivity index (χ3n) is 1.14. The summed E-state index contributed by atoms with van der Waals surface area (Å²) in [6, 6.07) is 0. The van der Waals surface area contributed by atoms with Crippen LogP contribution in [0.2, 0.25) is 0 Å². The predicted octanol–water partition coefficient (Wildman–Crippen LogP) is 2.58. The Bertz CT molecular complexity index is 152. The quantitative estimate of drug-likeness (QED) is 0.539. The van der Waals surface area contributed by atoms with E-state index in [0.29, 0.717) is 0 Å². The van der Waals surface area contributed by atoms with Gasteiger partial charge in [0.2, 0.25) is 0 Å². The maximum atomic E-state index is 5.11. The molecule has 64 valence electrons. The van der Waals surface area contributed by atoms with Crippen LogP contribution in [0.15, 0.2) is 11.0 Å². The van der Waals surface area contributed by atoms with Crippen LogP contribution in [0.25, 0.3) is 0 Å². The van der Waals surface area contributed by atoms with Crippen molar-refractivity contribution in [2.75, 3.05) is 12.8 Å². The molecule has 0 aliphatic heterocycles. The lowest BCUT2D eigenvalue weighted by Crippen LogP contribution is -2.16. The Morgan fingerprint density at radius 3 is 2.55 bits per heavy atom. The number of thioether (sulfide) groups is 1. The van der Waals surface area contributed by atoms with Crippen LogP contribution in [-0.4, -0.2) is 17.8 Å². The molecule has 0 unspecified atom stereocenters. The first-order valence-corrected chi connectivity index (χ1v) is 5.20. The molecule has 11 heavy (non-hydrogen) atoms. The molecule has 1 N–H and O–H groups in total. The summed E-state index contributed by atoms with van der Waals surface area (Å²) in [6.45, 7) is 4.25. The molecule has 0 spiro atoms. The molecule has 0 atom stereocenters. The van der Waals surface area contributed by atoms with E-state index < -0.39 is 0 Å². The number of thiocarbonyl (C=S) groups is 1. The summed E-state index contributed by atoms with van der Waals surface area (Å²) < 4.78 is 0. The third kappa shape index (κ3) is 4.43. The highest BCUT2D eigenvalue weighted by molar-refractivity contribution is 8.05. The molecular weight excluding hydrogens is 174 g/mol. The van der Waals surface area contributed by atoms with E-state index in [1.807, 2.05) is 7.05 Å².